The van der Waals surface area contributed by atoms with E-state index in [2.05, 4.69) is 47.1 Å². The fraction of sp³-hybridized carbons (Fsp3) is 0.0800. The minimum absolute atomic E-state index is 0.0339. The molecule has 0 saturated heterocycles. The Kier molecular flexibility index (Phi) is 6.33. The number of allylic oxidation sites excluding steroid dienone is 3. The number of fused-ring (bicyclic) bond motifs is 1. The van der Waals surface area contributed by atoms with E-state index in [1.807, 2.05) is 60.7 Å². The molecule has 1 aromatic heterocycles. The molecule has 2 aromatic carbocycles. The van der Waals surface area contributed by atoms with Crippen LogP contribution in [0.3, 0.4) is 0 Å². The fourth-order valence-corrected chi connectivity index (χ4v) is 5.34. The average molecular weight is 439 g/mol. The highest BCUT2D eigenvalue weighted by Gasteiger charge is 2.22. The highest BCUT2D eigenvalue weighted by atomic mass is 32.2. The number of benzene rings is 2. The van der Waals surface area contributed by atoms with E-state index in [4.69, 9.17) is 0 Å². The molecule has 6 heteroatoms. The second kappa shape index (κ2) is 9.49. The summed E-state index contributed by atoms with van der Waals surface area (Å²) < 4.78 is 1.36. The van der Waals surface area contributed by atoms with Gasteiger partial charge in [0.2, 0.25) is 0 Å². The van der Waals surface area contributed by atoms with Gasteiger partial charge < -0.3 is 4.90 Å². The van der Waals surface area contributed by atoms with Crippen LogP contribution in [-0.4, -0.2) is 11.5 Å². The summed E-state index contributed by atoms with van der Waals surface area (Å²) in [6.07, 6.45) is 8.09. The first kappa shape index (κ1) is 20.7. The van der Waals surface area contributed by atoms with E-state index in [1.54, 1.807) is 11.8 Å². The van der Waals surface area contributed by atoms with Crippen LogP contribution in [0.15, 0.2) is 82.7 Å². The molecule has 31 heavy (non-hydrogen) atoms. The lowest BCUT2D eigenvalue weighted by molar-refractivity contribution is 1.00. The number of nitrogens with zero attached hydrogens (tertiary/aromatic N) is 4. The molecule has 3 aromatic rings. The van der Waals surface area contributed by atoms with Crippen molar-refractivity contribution in [3.05, 3.63) is 87.0 Å². The topological polar surface area (TPSA) is 63.7 Å². The second-order valence-corrected chi connectivity index (χ2v) is 8.66. The van der Waals surface area contributed by atoms with Gasteiger partial charge in [-0.05, 0) is 31.2 Å². The number of nitriles is 2. The minimum Gasteiger partial charge on any atom is -0.335 e. The van der Waals surface area contributed by atoms with Crippen molar-refractivity contribution >= 4 is 40.4 Å². The number of thioether (sulfide) groups is 1. The SMILES string of the molecule is CCN1\C(=C/C=C/C=c2/sc(=C(C#N)C#N)nc2-c2ccccc2)Sc2ccccc21. The van der Waals surface area contributed by atoms with Crippen LogP contribution in [0.5, 0.6) is 0 Å². The molecule has 150 valence electrons. The zero-order chi connectivity index (χ0) is 21.6. The van der Waals surface area contributed by atoms with Crippen LogP contribution in [0, 0.1) is 22.7 Å². The maximum absolute atomic E-state index is 9.23. The van der Waals surface area contributed by atoms with E-state index in [-0.39, 0.29) is 5.57 Å². The number of hydrogen-bond donors (Lipinski definition) is 0. The largest absolute Gasteiger partial charge is 0.335 e. The van der Waals surface area contributed by atoms with Crippen LogP contribution in [0.4, 0.5) is 5.69 Å². The van der Waals surface area contributed by atoms with Gasteiger partial charge >= 0.3 is 0 Å². The zero-order valence-electron chi connectivity index (χ0n) is 16.8. The molecule has 4 rings (SSSR count). The van der Waals surface area contributed by atoms with Crippen LogP contribution in [0.25, 0.3) is 22.9 Å². The Balaban J connectivity index is 1.71. The molecule has 0 amide bonds. The highest BCUT2D eigenvalue weighted by Crippen LogP contribution is 2.45. The predicted octanol–water partition coefficient (Wildman–Crippen LogP) is 4.82. The molecule has 1 aliphatic rings. The van der Waals surface area contributed by atoms with Gasteiger partial charge in [0, 0.05) is 17.0 Å². The Morgan fingerprint density at radius 2 is 1.71 bits per heavy atom. The van der Waals surface area contributed by atoms with Crippen molar-refractivity contribution in [1.82, 2.24) is 4.98 Å². The first-order valence-corrected chi connectivity index (χ1v) is 11.4. The number of para-hydroxylation sites is 1. The van der Waals surface area contributed by atoms with Gasteiger partial charge in [0.15, 0.2) is 5.57 Å². The molecule has 0 spiro atoms. The summed E-state index contributed by atoms with van der Waals surface area (Å²) >= 11 is 3.12. The predicted molar refractivity (Wildman–Crippen MR) is 128 cm³/mol. The van der Waals surface area contributed by atoms with Crippen LogP contribution >= 0.6 is 23.1 Å². The average Bonchev–Trinajstić information content (AvgIpc) is 3.39. The smallest absolute Gasteiger partial charge is 0.165 e. The normalized spacial score (nSPS) is 14.6. The van der Waals surface area contributed by atoms with E-state index in [9.17, 15) is 10.5 Å². The summed E-state index contributed by atoms with van der Waals surface area (Å²) in [6.45, 7) is 3.06. The van der Waals surface area contributed by atoms with Gasteiger partial charge in [0.05, 0.1) is 20.9 Å². The van der Waals surface area contributed by atoms with Gasteiger partial charge in [-0.1, -0.05) is 66.4 Å². The van der Waals surface area contributed by atoms with Crippen LogP contribution in [-0.2, 0) is 0 Å². The third-order valence-electron chi connectivity index (χ3n) is 4.69. The van der Waals surface area contributed by atoms with Crippen molar-refractivity contribution in [1.29, 1.82) is 10.5 Å². The molecular weight excluding hydrogens is 420 g/mol. The number of aromatic nitrogens is 1. The molecule has 0 unspecified atom stereocenters. The Morgan fingerprint density at radius 1 is 1.00 bits per heavy atom. The third kappa shape index (κ3) is 4.32. The number of rotatable bonds is 4. The van der Waals surface area contributed by atoms with Crippen molar-refractivity contribution < 1.29 is 0 Å². The molecule has 2 heterocycles. The number of hydrogen-bond acceptors (Lipinski definition) is 6. The first-order chi connectivity index (χ1) is 15.2. The van der Waals surface area contributed by atoms with Crippen molar-refractivity contribution in [2.75, 3.05) is 11.4 Å². The minimum atomic E-state index is 0.0339. The zero-order valence-corrected chi connectivity index (χ0v) is 18.5. The van der Waals surface area contributed by atoms with Gasteiger partial charge in [0.25, 0.3) is 0 Å². The quantitative estimate of drug-likeness (QED) is 0.584. The van der Waals surface area contributed by atoms with E-state index < -0.39 is 0 Å². The molecule has 0 atom stereocenters. The molecule has 1 aliphatic heterocycles. The van der Waals surface area contributed by atoms with E-state index in [0.717, 1.165) is 22.3 Å². The van der Waals surface area contributed by atoms with Crippen molar-refractivity contribution in [2.45, 2.75) is 11.8 Å². The van der Waals surface area contributed by atoms with E-state index in [1.165, 1.54) is 26.9 Å². The molecule has 0 bridgehead atoms. The van der Waals surface area contributed by atoms with Crippen LogP contribution in [0.1, 0.15) is 6.92 Å². The molecule has 0 N–H and O–H groups in total. The molecule has 0 fully saturated rings. The van der Waals surface area contributed by atoms with Crippen molar-refractivity contribution in [3.63, 3.8) is 0 Å². The molecule has 0 aliphatic carbocycles. The van der Waals surface area contributed by atoms with Gasteiger partial charge in [-0.25, -0.2) is 4.98 Å². The second-order valence-electron chi connectivity index (χ2n) is 6.57. The summed E-state index contributed by atoms with van der Waals surface area (Å²) in [5.74, 6) is 0. The number of thiazole rings is 1. The lowest BCUT2D eigenvalue weighted by Gasteiger charge is -2.17. The summed E-state index contributed by atoms with van der Waals surface area (Å²) in [7, 11) is 0. The summed E-state index contributed by atoms with van der Waals surface area (Å²) in [5.41, 5.74) is 3.01. The summed E-state index contributed by atoms with van der Waals surface area (Å²) in [4.78, 5) is 8.14. The van der Waals surface area contributed by atoms with Crippen LogP contribution in [0.2, 0.25) is 0 Å². The highest BCUT2D eigenvalue weighted by molar-refractivity contribution is 8.03. The van der Waals surface area contributed by atoms with Gasteiger partial charge in [-0.2, -0.15) is 10.5 Å². The van der Waals surface area contributed by atoms with Gasteiger partial charge in [-0.3, -0.25) is 0 Å². The van der Waals surface area contributed by atoms with E-state index in [0.29, 0.717) is 4.66 Å². The Bertz CT molecular complexity index is 1350. The first-order valence-electron chi connectivity index (χ1n) is 9.75. The number of anilines is 1. The lowest BCUT2D eigenvalue weighted by Crippen LogP contribution is -2.16. The summed E-state index contributed by atoms with van der Waals surface area (Å²) in [5, 5.41) is 19.6. The maximum atomic E-state index is 9.23. The molecule has 4 nitrogen and oxygen atoms in total. The third-order valence-corrected chi connectivity index (χ3v) is 6.86. The van der Waals surface area contributed by atoms with Crippen molar-refractivity contribution in [2.24, 2.45) is 0 Å². The van der Waals surface area contributed by atoms with E-state index >= 15 is 0 Å². The fourth-order valence-electron chi connectivity index (χ4n) is 3.26. The van der Waals surface area contributed by atoms with Crippen LogP contribution < -0.4 is 14.1 Å². The lowest BCUT2D eigenvalue weighted by atomic mass is 10.1. The summed E-state index contributed by atoms with van der Waals surface area (Å²) in [6, 6.07) is 22.1. The monoisotopic (exact) mass is 438 g/mol. The molecular formula is C25H18N4S2. The molecule has 0 saturated carbocycles. The Hall–Kier alpha value is -3.58. The van der Waals surface area contributed by atoms with Crippen molar-refractivity contribution in [3.8, 4) is 23.4 Å². The Morgan fingerprint density at radius 3 is 2.45 bits per heavy atom. The maximum Gasteiger partial charge on any atom is 0.165 e. The standard InChI is InChI=1S/C25H18N4S2/c1-2-29-20-12-6-7-13-21(20)30-23(29)15-9-8-14-22-24(18-10-4-3-5-11-18)28-25(31-22)19(16-26)17-27/h3-15H,2H2,1H3/b9-8+,22-14+,23-15+. The van der Waals surface area contributed by atoms with Gasteiger partial charge in [-0.15, -0.1) is 11.3 Å². The van der Waals surface area contributed by atoms with Gasteiger partial charge in [0.1, 0.15) is 16.8 Å². The Labute approximate surface area is 189 Å². The molecule has 0 radical (unpaired) electrons.